The van der Waals surface area contributed by atoms with Crippen LogP contribution in [-0.2, 0) is 6.54 Å². The predicted molar refractivity (Wildman–Crippen MR) is 91.9 cm³/mol. The van der Waals surface area contributed by atoms with E-state index in [9.17, 15) is 5.26 Å². The highest BCUT2D eigenvalue weighted by atomic mass is 16.4. The van der Waals surface area contributed by atoms with E-state index in [1.807, 2.05) is 47.2 Å². The zero-order chi connectivity index (χ0) is 16.6. The third-order valence-corrected chi connectivity index (χ3v) is 3.41. The van der Waals surface area contributed by atoms with E-state index in [0.717, 1.165) is 18.5 Å². The van der Waals surface area contributed by atoms with Crippen LogP contribution in [0.1, 0.15) is 23.6 Å². The summed E-state index contributed by atoms with van der Waals surface area (Å²) in [6.07, 6.45) is 9.99. The van der Waals surface area contributed by atoms with Crippen LogP contribution < -0.4 is 5.32 Å². The van der Waals surface area contributed by atoms with E-state index in [4.69, 9.17) is 4.42 Å². The highest BCUT2D eigenvalue weighted by molar-refractivity contribution is 5.67. The largest absolute Gasteiger partial charge is 0.420 e. The van der Waals surface area contributed by atoms with Crippen LogP contribution in [0.4, 0.5) is 5.88 Å². The molecule has 0 bridgehead atoms. The molecule has 0 radical (unpaired) electrons. The smallest absolute Gasteiger partial charge is 0.232 e. The molecule has 24 heavy (non-hydrogen) atoms. The first-order valence-corrected chi connectivity index (χ1v) is 7.69. The Bertz CT molecular complexity index is 828. The predicted octanol–water partition coefficient (Wildman–Crippen LogP) is 3.42. The molecule has 6 nitrogen and oxygen atoms in total. The molecule has 3 rings (SSSR count). The number of nitrogens with one attached hydrogen (secondary N) is 1. The molecule has 2 heterocycles. The van der Waals surface area contributed by atoms with Crippen LogP contribution in [0.2, 0.25) is 0 Å². The molecule has 0 aliphatic rings. The van der Waals surface area contributed by atoms with Gasteiger partial charge in [0, 0.05) is 31.6 Å². The van der Waals surface area contributed by atoms with Gasteiger partial charge in [0.05, 0.1) is 6.33 Å². The van der Waals surface area contributed by atoms with Gasteiger partial charge in [-0.05, 0) is 18.1 Å². The van der Waals surface area contributed by atoms with Crippen LogP contribution in [0.15, 0.2) is 53.5 Å². The van der Waals surface area contributed by atoms with Gasteiger partial charge in [-0.15, -0.1) is 0 Å². The Labute approximate surface area is 140 Å². The van der Waals surface area contributed by atoms with Crippen molar-refractivity contribution >= 4 is 18.0 Å². The monoisotopic (exact) mass is 319 g/mol. The molecule has 1 aromatic carbocycles. The van der Waals surface area contributed by atoms with E-state index in [1.165, 1.54) is 0 Å². The lowest BCUT2D eigenvalue weighted by atomic mass is 10.2. The number of oxazole rings is 1. The van der Waals surface area contributed by atoms with E-state index < -0.39 is 0 Å². The van der Waals surface area contributed by atoms with Crippen molar-refractivity contribution < 1.29 is 4.42 Å². The maximum atomic E-state index is 9.17. The third kappa shape index (κ3) is 4.11. The summed E-state index contributed by atoms with van der Waals surface area (Å²) >= 11 is 0. The van der Waals surface area contributed by atoms with Gasteiger partial charge in [0.2, 0.25) is 17.5 Å². The lowest BCUT2D eigenvalue weighted by Crippen LogP contribution is -2.06. The van der Waals surface area contributed by atoms with Crippen molar-refractivity contribution in [1.29, 1.82) is 5.26 Å². The number of anilines is 1. The van der Waals surface area contributed by atoms with E-state index >= 15 is 0 Å². The van der Waals surface area contributed by atoms with Gasteiger partial charge >= 0.3 is 0 Å². The SMILES string of the molecule is N#Cc1nc(/C=C/c2ccccc2)oc1NCCCn1ccnc1. The Morgan fingerprint density at radius 2 is 2.12 bits per heavy atom. The number of hydrogen-bond donors (Lipinski definition) is 1. The zero-order valence-electron chi connectivity index (χ0n) is 13.1. The molecule has 0 unspecified atom stereocenters. The number of nitriles is 1. The Morgan fingerprint density at radius 3 is 2.88 bits per heavy atom. The molecule has 0 aliphatic carbocycles. The molecule has 0 fully saturated rings. The second-order valence-corrected chi connectivity index (χ2v) is 5.17. The van der Waals surface area contributed by atoms with Gasteiger partial charge in [-0.1, -0.05) is 30.3 Å². The Balaban J connectivity index is 1.58. The van der Waals surface area contributed by atoms with Crippen LogP contribution in [-0.4, -0.2) is 21.1 Å². The fraction of sp³-hybridized carbons (Fsp3) is 0.167. The lowest BCUT2D eigenvalue weighted by molar-refractivity contribution is 0.553. The Hall–Kier alpha value is -3.33. The van der Waals surface area contributed by atoms with E-state index in [1.54, 1.807) is 18.6 Å². The fourth-order valence-electron chi connectivity index (χ4n) is 2.22. The summed E-state index contributed by atoms with van der Waals surface area (Å²) in [6, 6.07) is 11.9. The molecule has 0 saturated carbocycles. The van der Waals surface area contributed by atoms with Crippen molar-refractivity contribution in [3.63, 3.8) is 0 Å². The number of hydrogen-bond acceptors (Lipinski definition) is 5. The quantitative estimate of drug-likeness (QED) is 0.675. The molecule has 6 heteroatoms. The molecule has 120 valence electrons. The van der Waals surface area contributed by atoms with Crippen molar-refractivity contribution in [2.45, 2.75) is 13.0 Å². The lowest BCUT2D eigenvalue weighted by Gasteiger charge is -2.03. The summed E-state index contributed by atoms with van der Waals surface area (Å²) in [6.45, 7) is 1.54. The third-order valence-electron chi connectivity index (χ3n) is 3.41. The first-order chi connectivity index (χ1) is 11.8. The van der Waals surface area contributed by atoms with Crippen molar-refractivity contribution in [3.05, 3.63) is 66.2 Å². The van der Waals surface area contributed by atoms with Crippen molar-refractivity contribution in [2.75, 3.05) is 11.9 Å². The Morgan fingerprint density at radius 1 is 1.25 bits per heavy atom. The van der Waals surface area contributed by atoms with Gasteiger partial charge in [0.1, 0.15) is 6.07 Å². The van der Waals surface area contributed by atoms with Gasteiger partial charge < -0.3 is 14.3 Å². The van der Waals surface area contributed by atoms with E-state index in [0.29, 0.717) is 18.3 Å². The fourth-order valence-corrected chi connectivity index (χ4v) is 2.22. The summed E-state index contributed by atoms with van der Waals surface area (Å²) in [7, 11) is 0. The number of benzene rings is 1. The maximum Gasteiger partial charge on any atom is 0.232 e. The first kappa shape index (κ1) is 15.6. The van der Waals surface area contributed by atoms with Crippen molar-refractivity contribution in [2.24, 2.45) is 0 Å². The van der Waals surface area contributed by atoms with Gasteiger partial charge in [0.25, 0.3) is 0 Å². The molecule has 0 spiro atoms. The maximum absolute atomic E-state index is 9.17. The van der Waals surface area contributed by atoms with Crippen LogP contribution in [0, 0.1) is 11.3 Å². The summed E-state index contributed by atoms with van der Waals surface area (Å²) in [5.74, 6) is 0.823. The number of imidazole rings is 1. The van der Waals surface area contributed by atoms with Gasteiger partial charge in [-0.3, -0.25) is 0 Å². The average Bonchev–Trinajstić information content (AvgIpc) is 3.27. The summed E-state index contributed by atoms with van der Waals surface area (Å²) in [5, 5.41) is 12.3. The summed E-state index contributed by atoms with van der Waals surface area (Å²) in [5.41, 5.74) is 1.31. The van der Waals surface area contributed by atoms with Crippen LogP contribution in [0.25, 0.3) is 12.2 Å². The molecule has 0 saturated heterocycles. The number of rotatable bonds is 7. The minimum atomic E-state index is 0.269. The second-order valence-electron chi connectivity index (χ2n) is 5.17. The second kappa shape index (κ2) is 7.79. The molecule has 0 aliphatic heterocycles. The summed E-state index contributed by atoms with van der Waals surface area (Å²) in [4.78, 5) is 8.18. The molecule has 2 aromatic heterocycles. The highest BCUT2D eigenvalue weighted by Gasteiger charge is 2.10. The molecule has 1 N–H and O–H groups in total. The molecule has 3 aromatic rings. The normalized spacial score (nSPS) is 10.8. The van der Waals surface area contributed by atoms with Crippen molar-refractivity contribution in [1.82, 2.24) is 14.5 Å². The Kier molecular flexibility index (Phi) is 5.05. The number of nitrogens with zero attached hydrogens (tertiary/aromatic N) is 4. The molecule has 0 amide bonds. The minimum Gasteiger partial charge on any atom is -0.420 e. The molecular weight excluding hydrogens is 302 g/mol. The van der Waals surface area contributed by atoms with Gasteiger partial charge in [-0.2, -0.15) is 10.2 Å². The topological polar surface area (TPSA) is 79.7 Å². The minimum absolute atomic E-state index is 0.269. The van der Waals surface area contributed by atoms with E-state index in [2.05, 4.69) is 21.4 Å². The number of aromatic nitrogens is 3. The standard InChI is InChI=1S/C18H17N5O/c19-13-16-18(21-9-4-11-23-12-10-20-14-23)24-17(22-16)8-7-15-5-2-1-3-6-15/h1-3,5-8,10,12,14,21H,4,9,11H2/b8-7+. The van der Waals surface area contributed by atoms with Crippen LogP contribution >= 0.6 is 0 Å². The van der Waals surface area contributed by atoms with Crippen LogP contribution in [0.3, 0.4) is 0 Å². The average molecular weight is 319 g/mol. The highest BCUT2D eigenvalue weighted by Crippen LogP contribution is 2.18. The molecule has 0 atom stereocenters. The van der Waals surface area contributed by atoms with Gasteiger partial charge in [-0.25, -0.2) is 4.98 Å². The van der Waals surface area contributed by atoms with Crippen LogP contribution in [0.5, 0.6) is 0 Å². The summed E-state index contributed by atoms with van der Waals surface area (Å²) < 4.78 is 7.62. The van der Waals surface area contributed by atoms with Crippen molar-refractivity contribution in [3.8, 4) is 6.07 Å². The van der Waals surface area contributed by atoms with Gasteiger partial charge in [0.15, 0.2) is 0 Å². The molecular formula is C18H17N5O. The van der Waals surface area contributed by atoms with E-state index in [-0.39, 0.29) is 5.69 Å². The zero-order valence-corrected chi connectivity index (χ0v) is 13.1. The first-order valence-electron chi connectivity index (χ1n) is 7.69. The number of aryl methyl sites for hydroxylation is 1.